The van der Waals surface area contributed by atoms with Gasteiger partial charge in [0.1, 0.15) is 10.9 Å². The minimum atomic E-state index is -4.16. The number of rotatable bonds is 3. The zero-order valence-electron chi connectivity index (χ0n) is 10.3. The topological polar surface area (TPSA) is 106 Å². The number of nitrogens with two attached hydrogens (primary N) is 2. The van der Waals surface area contributed by atoms with Gasteiger partial charge in [0.05, 0.1) is 4.47 Å². The predicted molar refractivity (Wildman–Crippen MR) is 74.6 cm³/mol. The van der Waals surface area contributed by atoms with Crippen LogP contribution in [0.4, 0.5) is 10.1 Å². The van der Waals surface area contributed by atoms with Crippen molar-refractivity contribution >= 4 is 37.5 Å². The molecule has 1 fully saturated rings. The number of amides is 1. The average molecular weight is 366 g/mol. The van der Waals surface area contributed by atoms with E-state index < -0.39 is 32.7 Å². The number of anilines is 1. The van der Waals surface area contributed by atoms with E-state index in [0.29, 0.717) is 12.8 Å². The number of hydrogen-bond donors (Lipinski definition) is 2. The van der Waals surface area contributed by atoms with E-state index in [2.05, 4.69) is 15.9 Å². The summed E-state index contributed by atoms with van der Waals surface area (Å²) in [6.45, 7) is 0.127. The second kappa shape index (κ2) is 5.30. The van der Waals surface area contributed by atoms with Crippen LogP contribution in [0.5, 0.6) is 0 Å². The van der Waals surface area contributed by atoms with Crippen molar-refractivity contribution in [3.63, 3.8) is 0 Å². The summed E-state index contributed by atoms with van der Waals surface area (Å²) in [5.41, 5.74) is 10.8. The van der Waals surface area contributed by atoms with Crippen molar-refractivity contribution in [2.75, 3.05) is 12.3 Å². The van der Waals surface area contributed by atoms with E-state index in [0.717, 1.165) is 10.4 Å². The minimum absolute atomic E-state index is 0.0501. The first-order valence-electron chi connectivity index (χ1n) is 5.81. The van der Waals surface area contributed by atoms with Crippen LogP contribution in [0.25, 0.3) is 0 Å². The highest BCUT2D eigenvalue weighted by atomic mass is 79.9. The van der Waals surface area contributed by atoms with Gasteiger partial charge in [0.2, 0.25) is 15.9 Å². The third kappa shape index (κ3) is 2.52. The lowest BCUT2D eigenvalue weighted by molar-refractivity contribution is -0.121. The average Bonchev–Trinajstić information content (AvgIpc) is 2.83. The molecule has 1 heterocycles. The fraction of sp³-hybridized carbons (Fsp3) is 0.364. The lowest BCUT2D eigenvalue weighted by atomic mass is 10.2. The Bertz CT molecular complexity index is 665. The maximum absolute atomic E-state index is 14.0. The lowest BCUT2D eigenvalue weighted by Gasteiger charge is -2.22. The first-order chi connectivity index (χ1) is 9.25. The fourth-order valence-electron chi connectivity index (χ4n) is 2.21. The molecule has 4 N–H and O–H groups in total. The number of nitrogens with zero attached hydrogens (tertiary/aromatic N) is 1. The van der Waals surface area contributed by atoms with Crippen molar-refractivity contribution in [1.82, 2.24) is 4.31 Å². The van der Waals surface area contributed by atoms with Crippen LogP contribution in [0.1, 0.15) is 12.8 Å². The van der Waals surface area contributed by atoms with Gasteiger partial charge in [-0.05, 0) is 40.9 Å². The highest BCUT2D eigenvalue weighted by molar-refractivity contribution is 9.10. The van der Waals surface area contributed by atoms with E-state index in [9.17, 15) is 17.6 Å². The van der Waals surface area contributed by atoms with E-state index in [1.165, 1.54) is 6.07 Å². The molecule has 0 radical (unpaired) electrons. The third-order valence-corrected chi connectivity index (χ3v) is 5.62. The molecule has 1 saturated heterocycles. The molecule has 9 heteroatoms. The van der Waals surface area contributed by atoms with E-state index >= 15 is 0 Å². The van der Waals surface area contributed by atoms with Crippen molar-refractivity contribution < 1.29 is 17.6 Å². The predicted octanol–water partition coefficient (Wildman–Crippen LogP) is 0.809. The number of hydrogen-bond acceptors (Lipinski definition) is 4. The van der Waals surface area contributed by atoms with Crippen LogP contribution in [-0.4, -0.2) is 31.2 Å². The molecule has 1 aliphatic heterocycles. The Morgan fingerprint density at radius 2 is 2.10 bits per heavy atom. The molecule has 20 heavy (non-hydrogen) atoms. The molecule has 1 aromatic rings. The van der Waals surface area contributed by atoms with Crippen LogP contribution in [-0.2, 0) is 14.8 Å². The van der Waals surface area contributed by atoms with Gasteiger partial charge in [-0.2, -0.15) is 4.31 Å². The maximum atomic E-state index is 14.0. The number of halogens is 2. The summed E-state index contributed by atoms with van der Waals surface area (Å²) in [6.07, 6.45) is 0.831. The van der Waals surface area contributed by atoms with Crippen molar-refractivity contribution in [2.45, 2.75) is 23.8 Å². The molecule has 0 aromatic heterocycles. The van der Waals surface area contributed by atoms with Gasteiger partial charge in [-0.3, -0.25) is 4.79 Å². The number of carbonyl (C=O) groups is 1. The zero-order valence-corrected chi connectivity index (χ0v) is 12.7. The molecule has 1 amide bonds. The fourth-order valence-corrected chi connectivity index (χ4v) is 4.61. The Kier molecular flexibility index (Phi) is 4.03. The molecule has 0 saturated carbocycles. The summed E-state index contributed by atoms with van der Waals surface area (Å²) in [5, 5.41) is 0. The Morgan fingerprint density at radius 3 is 2.70 bits per heavy atom. The Labute approximate surface area is 124 Å². The molecule has 1 aromatic carbocycles. The lowest BCUT2D eigenvalue weighted by Crippen LogP contribution is -2.43. The number of benzene rings is 1. The van der Waals surface area contributed by atoms with Crippen molar-refractivity contribution in [1.29, 1.82) is 0 Å². The largest absolute Gasteiger partial charge is 0.399 e. The molecule has 0 spiro atoms. The van der Waals surface area contributed by atoms with Gasteiger partial charge in [0.25, 0.3) is 0 Å². The van der Waals surface area contributed by atoms with Gasteiger partial charge in [0.15, 0.2) is 5.82 Å². The Hall–Kier alpha value is -1.19. The molecule has 6 nitrogen and oxygen atoms in total. The normalized spacial score (nSPS) is 20.2. The van der Waals surface area contributed by atoms with Crippen molar-refractivity contribution in [3.8, 4) is 0 Å². The molecule has 1 aliphatic rings. The van der Waals surface area contributed by atoms with Gasteiger partial charge in [-0.25, -0.2) is 12.8 Å². The maximum Gasteiger partial charge on any atom is 0.246 e. The van der Waals surface area contributed by atoms with Gasteiger partial charge in [-0.15, -0.1) is 0 Å². The highest BCUT2D eigenvalue weighted by Gasteiger charge is 2.40. The molecular formula is C11H13BrFN3O3S. The van der Waals surface area contributed by atoms with Crippen LogP contribution in [0.3, 0.4) is 0 Å². The summed E-state index contributed by atoms with van der Waals surface area (Å²) < 4.78 is 39.9. The van der Waals surface area contributed by atoms with Gasteiger partial charge in [0, 0.05) is 12.2 Å². The summed E-state index contributed by atoms with van der Waals surface area (Å²) in [4.78, 5) is 10.7. The first kappa shape index (κ1) is 15.2. The summed E-state index contributed by atoms with van der Waals surface area (Å²) >= 11 is 2.91. The molecular weight excluding hydrogens is 353 g/mol. The number of sulfonamides is 1. The third-order valence-electron chi connectivity index (χ3n) is 3.14. The van der Waals surface area contributed by atoms with Crippen LogP contribution in [0, 0.1) is 5.82 Å². The standard InChI is InChI=1S/C11H13BrFN3O3S/c12-7-4-6(14)5-9(10(7)13)20(18,19)16-3-1-2-8(16)11(15)17/h4-5,8H,1-3,14H2,(H2,15,17). The van der Waals surface area contributed by atoms with E-state index in [1.807, 2.05) is 0 Å². The van der Waals surface area contributed by atoms with Crippen LogP contribution < -0.4 is 11.5 Å². The van der Waals surface area contributed by atoms with Gasteiger partial charge < -0.3 is 11.5 Å². The second-order valence-electron chi connectivity index (χ2n) is 4.49. The van der Waals surface area contributed by atoms with Crippen molar-refractivity contribution in [2.24, 2.45) is 5.73 Å². The minimum Gasteiger partial charge on any atom is -0.399 e. The number of primary amides is 1. The number of nitrogen functional groups attached to an aromatic ring is 1. The monoisotopic (exact) mass is 365 g/mol. The van der Waals surface area contributed by atoms with E-state index in [4.69, 9.17) is 11.5 Å². The molecule has 1 atom stereocenters. The van der Waals surface area contributed by atoms with E-state index in [-0.39, 0.29) is 16.7 Å². The second-order valence-corrected chi connectivity index (χ2v) is 7.20. The molecule has 0 aliphatic carbocycles. The van der Waals surface area contributed by atoms with E-state index in [1.54, 1.807) is 0 Å². The SMILES string of the molecule is NC(=O)C1CCCN1S(=O)(=O)c1cc(N)cc(Br)c1F. The smallest absolute Gasteiger partial charge is 0.246 e. The van der Waals surface area contributed by atoms with Crippen LogP contribution in [0.2, 0.25) is 0 Å². The van der Waals surface area contributed by atoms with Crippen LogP contribution >= 0.6 is 15.9 Å². The number of carbonyl (C=O) groups excluding carboxylic acids is 1. The van der Waals surface area contributed by atoms with Gasteiger partial charge in [-0.1, -0.05) is 0 Å². The van der Waals surface area contributed by atoms with Crippen LogP contribution in [0.15, 0.2) is 21.5 Å². The summed E-state index contributed by atoms with van der Waals surface area (Å²) in [5.74, 6) is -1.68. The highest BCUT2D eigenvalue weighted by Crippen LogP contribution is 2.31. The van der Waals surface area contributed by atoms with Crippen molar-refractivity contribution in [3.05, 3.63) is 22.4 Å². The summed E-state index contributed by atoms with van der Waals surface area (Å²) in [6, 6.07) is 1.36. The molecule has 1 unspecified atom stereocenters. The zero-order chi connectivity index (χ0) is 15.1. The molecule has 110 valence electrons. The Morgan fingerprint density at radius 1 is 1.45 bits per heavy atom. The Balaban J connectivity index is 2.53. The molecule has 2 rings (SSSR count). The molecule has 0 bridgehead atoms. The quantitative estimate of drug-likeness (QED) is 0.772. The van der Waals surface area contributed by atoms with Gasteiger partial charge >= 0.3 is 0 Å². The first-order valence-corrected chi connectivity index (χ1v) is 8.04. The summed E-state index contributed by atoms with van der Waals surface area (Å²) in [7, 11) is -4.16.